The summed E-state index contributed by atoms with van der Waals surface area (Å²) in [5.41, 5.74) is 6.51. The lowest BCUT2D eigenvalue weighted by atomic mass is 9.91. The van der Waals surface area contributed by atoms with E-state index < -0.39 is 0 Å². The molecule has 0 radical (unpaired) electrons. The summed E-state index contributed by atoms with van der Waals surface area (Å²) in [7, 11) is 0. The number of amides is 2. The second kappa shape index (κ2) is 6.66. The number of carbonyl (C=O) groups excluding carboxylic acids is 1. The van der Waals surface area contributed by atoms with Crippen LogP contribution in [0.2, 0.25) is 10.0 Å². The second-order valence-electron chi connectivity index (χ2n) is 5.27. The van der Waals surface area contributed by atoms with Gasteiger partial charge in [0.15, 0.2) is 0 Å². The number of anilines is 1. The van der Waals surface area contributed by atoms with Crippen molar-refractivity contribution in [2.45, 2.75) is 25.8 Å². The summed E-state index contributed by atoms with van der Waals surface area (Å²) in [6.45, 7) is 3.48. The van der Waals surface area contributed by atoms with Crippen LogP contribution in [0.4, 0.5) is 10.5 Å². The quantitative estimate of drug-likeness (QED) is 0.876. The summed E-state index contributed by atoms with van der Waals surface area (Å²) < 4.78 is 0. The Morgan fingerprint density at radius 1 is 1.30 bits per heavy atom. The number of nitrogens with one attached hydrogen (secondary N) is 1. The number of carbonyl (C=O) groups is 1. The predicted octanol–water partition coefficient (Wildman–Crippen LogP) is 3.58. The van der Waals surface area contributed by atoms with E-state index in [2.05, 4.69) is 5.32 Å². The second-order valence-corrected chi connectivity index (χ2v) is 6.14. The number of likely N-dealkylation sites (tertiary alicyclic amines) is 1. The molecule has 1 fully saturated rings. The van der Waals surface area contributed by atoms with Crippen molar-refractivity contribution < 1.29 is 4.79 Å². The molecule has 1 heterocycles. The maximum Gasteiger partial charge on any atom is 0.321 e. The molecule has 1 saturated heterocycles. The first-order chi connectivity index (χ1) is 9.45. The summed E-state index contributed by atoms with van der Waals surface area (Å²) in [5, 5.41) is 3.83. The number of nitrogens with two attached hydrogens (primary N) is 1. The van der Waals surface area contributed by atoms with Gasteiger partial charge in [0.2, 0.25) is 0 Å². The minimum absolute atomic E-state index is 0.119. The van der Waals surface area contributed by atoms with Crippen molar-refractivity contribution in [2.75, 3.05) is 18.4 Å². The molecule has 110 valence electrons. The lowest BCUT2D eigenvalue weighted by molar-refractivity contribution is 0.176. The van der Waals surface area contributed by atoms with Crippen molar-refractivity contribution in [1.82, 2.24) is 4.90 Å². The Bertz CT molecular complexity index is 465. The predicted molar refractivity (Wildman–Crippen MR) is 83.4 cm³/mol. The first-order valence-corrected chi connectivity index (χ1v) is 7.49. The van der Waals surface area contributed by atoms with Crippen LogP contribution in [0.5, 0.6) is 0 Å². The third-order valence-corrected chi connectivity index (χ3v) is 4.12. The van der Waals surface area contributed by atoms with Crippen LogP contribution in [0.25, 0.3) is 0 Å². The van der Waals surface area contributed by atoms with Gasteiger partial charge in [0.1, 0.15) is 0 Å². The molecule has 0 bridgehead atoms. The summed E-state index contributed by atoms with van der Waals surface area (Å²) in [4.78, 5) is 14.0. The molecule has 3 N–H and O–H groups in total. The van der Waals surface area contributed by atoms with E-state index in [4.69, 9.17) is 28.9 Å². The maximum atomic E-state index is 12.2. The molecule has 6 heteroatoms. The van der Waals surface area contributed by atoms with E-state index in [0.29, 0.717) is 21.7 Å². The minimum atomic E-state index is -0.119. The van der Waals surface area contributed by atoms with E-state index in [1.165, 1.54) is 0 Å². The normalized spacial score (nSPS) is 17.9. The van der Waals surface area contributed by atoms with Crippen molar-refractivity contribution in [3.8, 4) is 0 Å². The summed E-state index contributed by atoms with van der Waals surface area (Å²) in [6, 6.07) is 5.06. The van der Waals surface area contributed by atoms with Gasteiger partial charge in [-0.25, -0.2) is 4.79 Å². The van der Waals surface area contributed by atoms with Crippen LogP contribution in [0.3, 0.4) is 0 Å². The number of halogens is 2. The number of piperidine rings is 1. The number of benzene rings is 1. The molecule has 4 nitrogen and oxygen atoms in total. The highest BCUT2D eigenvalue weighted by atomic mass is 35.5. The van der Waals surface area contributed by atoms with E-state index in [-0.39, 0.29) is 12.1 Å². The topological polar surface area (TPSA) is 58.4 Å². The van der Waals surface area contributed by atoms with Crippen LogP contribution in [-0.2, 0) is 0 Å². The zero-order valence-corrected chi connectivity index (χ0v) is 12.9. The number of hydrogen-bond acceptors (Lipinski definition) is 2. The summed E-state index contributed by atoms with van der Waals surface area (Å²) in [6.07, 6.45) is 1.89. The molecule has 0 aromatic heterocycles. The monoisotopic (exact) mass is 315 g/mol. The van der Waals surface area contributed by atoms with Crippen molar-refractivity contribution >= 4 is 34.9 Å². The van der Waals surface area contributed by atoms with Crippen molar-refractivity contribution in [1.29, 1.82) is 0 Å². The average molecular weight is 316 g/mol. The van der Waals surface area contributed by atoms with Gasteiger partial charge in [0.25, 0.3) is 0 Å². The van der Waals surface area contributed by atoms with Gasteiger partial charge < -0.3 is 16.0 Å². The highest BCUT2D eigenvalue weighted by molar-refractivity contribution is 6.35. The van der Waals surface area contributed by atoms with Gasteiger partial charge in [-0.05, 0) is 43.9 Å². The van der Waals surface area contributed by atoms with E-state index in [1.807, 2.05) is 6.92 Å². The van der Waals surface area contributed by atoms with E-state index in [0.717, 1.165) is 25.9 Å². The average Bonchev–Trinajstić information content (AvgIpc) is 2.37. The molecule has 1 aromatic rings. The van der Waals surface area contributed by atoms with Gasteiger partial charge in [-0.2, -0.15) is 0 Å². The Hall–Kier alpha value is -0.970. The highest BCUT2D eigenvalue weighted by Crippen LogP contribution is 2.24. The minimum Gasteiger partial charge on any atom is -0.328 e. The highest BCUT2D eigenvalue weighted by Gasteiger charge is 2.24. The lowest BCUT2D eigenvalue weighted by Crippen LogP contribution is -2.44. The molecule has 1 aliphatic rings. The molecular weight excluding hydrogens is 297 g/mol. The van der Waals surface area contributed by atoms with Gasteiger partial charge in [-0.15, -0.1) is 0 Å². The smallest absolute Gasteiger partial charge is 0.321 e. The summed E-state index contributed by atoms with van der Waals surface area (Å²) in [5.74, 6) is 0.500. The van der Waals surface area contributed by atoms with Gasteiger partial charge in [-0.3, -0.25) is 0 Å². The first kappa shape index (κ1) is 15.4. The number of hydrogen-bond donors (Lipinski definition) is 2. The number of rotatable bonds is 2. The van der Waals surface area contributed by atoms with Gasteiger partial charge in [-0.1, -0.05) is 23.2 Å². The molecule has 1 aromatic carbocycles. The Kier molecular flexibility index (Phi) is 5.13. The molecule has 0 aliphatic carbocycles. The van der Waals surface area contributed by atoms with Crippen LogP contribution in [0, 0.1) is 5.92 Å². The standard InChI is InChI=1S/C14H19Cl2N3O/c1-9(17)10-2-4-19(5-3-10)14(20)18-13-7-11(15)6-12(16)8-13/h6-10H,2-5,17H2,1H3,(H,18,20). The maximum absolute atomic E-state index is 12.2. The third kappa shape index (κ3) is 4.01. The van der Waals surface area contributed by atoms with Crippen LogP contribution < -0.4 is 11.1 Å². The van der Waals surface area contributed by atoms with E-state index in [1.54, 1.807) is 23.1 Å². The number of urea groups is 1. The SMILES string of the molecule is CC(N)C1CCN(C(=O)Nc2cc(Cl)cc(Cl)c2)CC1. The lowest BCUT2D eigenvalue weighted by Gasteiger charge is -2.33. The van der Waals surface area contributed by atoms with Crippen LogP contribution in [-0.4, -0.2) is 30.1 Å². The van der Waals surface area contributed by atoms with Gasteiger partial charge >= 0.3 is 6.03 Å². The molecule has 2 rings (SSSR count). The van der Waals surface area contributed by atoms with Crippen molar-refractivity contribution in [2.24, 2.45) is 11.7 Å². The van der Waals surface area contributed by atoms with Crippen LogP contribution in [0.15, 0.2) is 18.2 Å². The Labute approximate surface area is 129 Å². The summed E-state index contributed by atoms with van der Waals surface area (Å²) >= 11 is 11.8. The molecule has 1 unspecified atom stereocenters. The van der Waals surface area contributed by atoms with Crippen molar-refractivity contribution in [3.05, 3.63) is 28.2 Å². The van der Waals surface area contributed by atoms with E-state index in [9.17, 15) is 4.79 Å². The Morgan fingerprint density at radius 2 is 1.85 bits per heavy atom. The molecular formula is C14H19Cl2N3O. The molecule has 0 spiro atoms. The third-order valence-electron chi connectivity index (χ3n) is 3.68. The zero-order valence-electron chi connectivity index (χ0n) is 11.4. The fourth-order valence-electron chi connectivity index (χ4n) is 2.46. The zero-order chi connectivity index (χ0) is 14.7. The molecule has 0 saturated carbocycles. The fraction of sp³-hybridized carbons (Fsp3) is 0.500. The Balaban J connectivity index is 1.92. The fourth-order valence-corrected chi connectivity index (χ4v) is 2.98. The number of nitrogens with zero attached hydrogens (tertiary/aromatic N) is 1. The molecule has 1 atom stereocenters. The van der Waals surface area contributed by atoms with Crippen molar-refractivity contribution in [3.63, 3.8) is 0 Å². The van der Waals surface area contributed by atoms with Gasteiger partial charge in [0, 0.05) is 34.9 Å². The van der Waals surface area contributed by atoms with Crippen LogP contribution >= 0.6 is 23.2 Å². The molecule has 1 aliphatic heterocycles. The van der Waals surface area contributed by atoms with E-state index >= 15 is 0 Å². The Morgan fingerprint density at radius 3 is 2.35 bits per heavy atom. The largest absolute Gasteiger partial charge is 0.328 e. The van der Waals surface area contributed by atoms with Gasteiger partial charge in [0.05, 0.1) is 0 Å². The molecule has 20 heavy (non-hydrogen) atoms. The molecule has 2 amide bonds. The van der Waals surface area contributed by atoms with Crippen LogP contribution in [0.1, 0.15) is 19.8 Å². The first-order valence-electron chi connectivity index (χ1n) is 6.73.